The summed E-state index contributed by atoms with van der Waals surface area (Å²) >= 11 is 0. The molecule has 1 fully saturated rings. The van der Waals surface area contributed by atoms with Gasteiger partial charge in [-0.1, -0.05) is 12.0 Å². The van der Waals surface area contributed by atoms with Gasteiger partial charge in [0.2, 0.25) is 5.91 Å². The fourth-order valence-electron chi connectivity index (χ4n) is 2.92. The number of halogens is 1. The first-order valence-corrected chi connectivity index (χ1v) is 10.3. The predicted molar refractivity (Wildman–Crippen MR) is 131 cm³/mol. The third kappa shape index (κ3) is 10.8. The van der Waals surface area contributed by atoms with E-state index in [4.69, 9.17) is 15.9 Å². The van der Waals surface area contributed by atoms with Gasteiger partial charge in [-0.25, -0.2) is 4.99 Å². The van der Waals surface area contributed by atoms with Crippen LogP contribution in [0.3, 0.4) is 0 Å². The van der Waals surface area contributed by atoms with Crippen LogP contribution < -0.4 is 16.0 Å². The van der Waals surface area contributed by atoms with E-state index in [0.717, 1.165) is 57.7 Å². The molecule has 1 amide bonds. The number of guanidine groups is 1. The Bertz CT molecular complexity index is 700. The normalized spacial score (nSPS) is 14.3. The molecule has 0 spiro atoms. The summed E-state index contributed by atoms with van der Waals surface area (Å²) in [4.78, 5) is 16.5. The number of terminal acetylenes is 1. The monoisotopic (exact) mass is 528 g/mol. The van der Waals surface area contributed by atoms with Crippen LogP contribution in [0.15, 0.2) is 29.3 Å². The second-order valence-corrected chi connectivity index (χ2v) is 6.88. The number of aliphatic imine (C=N–C) groups is 1. The molecule has 1 aliphatic heterocycles. The highest BCUT2D eigenvalue weighted by molar-refractivity contribution is 14.0. The SMILES string of the molecule is C#Cc1cccc(NC(=O)CN=C(NCC)NCCCOCC2CCOCC2)c1.I. The Labute approximate surface area is 196 Å². The molecule has 0 aromatic heterocycles. The Morgan fingerprint density at radius 3 is 2.87 bits per heavy atom. The van der Waals surface area contributed by atoms with Gasteiger partial charge < -0.3 is 25.4 Å². The minimum Gasteiger partial charge on any atom is -0.381 e. The van der Waals surface area contributed by atoms with E-state index in [1.54, 1.807) is 12.1 Å². The molecule has 0 saturated carbocycles. The molecule has 0 radical (unpaired) electrons. The zero-order valence-electron chi connectivity index (χ0n) is 17.6. The Kier molecular flexibility index (Phi) is 13.9. The van der Waals surface area contributed by atoms with Gasteiger partial charge >= 0.3 is 0 Å². The first-order valence-electron chi connectivity index (χ1n) is 10.3. The van der Waals surface area contributed by atoms with Crippen molar-refractivity contribution in [2.45, 2.75) is 26.2 Å². The van der Waals surface area contributed by atoms with Crippen LogP contribution in [0.4, 0.5) is 5.69 Å². The zero-order chi connectivity index (χ0) is 20.7. The van der Waals surface area contributed by atoms with E-state index in [1.807, 2.05) is 19.1 Å². The molecule has 0 aliphatic carbocycles. The molecule has 1 aromatic carbocycles. The van der Waals surface area contributed by atoms with E-state index in [9.17, 15) is 4.79 Å². The van der Waals surface area contributed by atoms with E-state index >= 15 is 0 Å². The van der Waals surface area contributed by atoms with E-state index in [-0.39, 0.29) is 36.4 Å². The summed E-state index contributed by atoms with van der Waals surface area (Å²) in [5, 5.41) is 9.17. The molecule has 30 heavy (non-hydrogen) atoms. The largest absolute Gasteiger partial charge is 0.381 e. The number of nitrogens with one attached hydrogen (secondary N) is 3. The van der Waals surface area contributed by atoms with Crippen molar-refractivity contribution < 1.29 is 14.3 Å². The lowest BCUT2D eigenvalue weighted by molar-refractivity contribution is -0.114. The Hall–Kier alpha value is -1.83. The molecule has 0 bridgehead atoms. The maximum absolute atomic E-state index is 12.1. The van der Waals surface area contributed by atoms with Crippen molar-refractivity contribution in [3.63, 3.8) is 0 Å². The molecule has 1 heterocycles. The van der Waals surface area contributed by atoms with Gasteiger partial charge in [0.25, 0.3) is 0 Å². The Morgan fingerprint density at radius 1 is 1.33 bits per heavy atom. The second kappa shape index (κ2) is 15.9. The number of anilines is 1. The van der Waals surface area contributed by atoms with Crippen LogP contribution in [0.2, 0.25) is 0 Å². The second-order valence-electron chi connectivity index (χ2n) is 6.88. The number of rotatable bonds is 10. The molecule has 0 atom stereocenters. The number of benzene rings is 1. The quantitative estimate of drug-likeness (QED) is 0.143. The number of amides is 1. The molecular weight excluding hydrogens is 495 g/mol. The summed E-state index contributed by atoms with van der Waals surface area (Å²) in [6.07, 6.45) is 8.43. The number of carbonyl (C=O) groups is 1. The highest BCUT2D eigenvalue weighted by atomic mass is 127. The Morgan fingerprint density at radius 2 is 2.13 bits per heavy atom. The number of nitrogens with zero attached hydrogens (tertiary/aromatic N) is 1. The minimum atomic E-state index is -0.198. The van der Waals surface area contributed by atoms with Crippen molar-refractivity contribution in [3.8, 4) is 12.3 Å². The van der Waals surface area contributed by atoms with Crippen LogP contribution in [-0.4, -0.2) is 57.9 Å². The van der Waals surface area contributed by atoms with Crippen LogP contribution in [-0.2, 0) is 14.3 Å². The summed E-state index contributed by atoms with van der Waals surface area (Å²) in [6, 6.07) is 7.18. The maximum atomic E-state index is 12.1. The topological polar surface area (TPSA) is 84.0 Å². The predicted octanol–water partition coefficient (Wildman–Crippen LogP) is 2.61. The lowest BCUT2D eigenvalue weighted by Gasteiger charge is -2.21. The average molecular weight is 528 g/mol. The molecule has 0 unspecified atom stereocenters. The summed E-state index contributed by atoms with van der Waals surface area (Å²) in [6.45, 7) is 6.66. The molecule has 2 rings (SSSR count). The van der Waals surface area contributed by atoms with Gasteiger partial charge in [-0.05, 0) is 50.3 Å². The molecular formula is C22H33IN4O3. The lowest BCUT2D eigenvalue weighted by Crippen LogP contribution is -2.38. The van der Waals surface area contributed by atoms with Gasteiger partial charge in [0.05, 0.1) is 0 Å². The number of hydrogen-bond acceptors (Lipinski definition) is 4. The van der Waals surface area contributed by atoms with Crippen molar-refractivity contribution in [3.05, 3.63) is 29.8 Å². The third-order valence-corrected chi connectivity index (χ3v) is 4.49. The van der Waals surface area contributed by atoms with Crippen LogP contribution >= 0.6 is 24.0 Å². The van der Waals surface area contributed by atoms with E-state index in [0.29, 0.717) is 24.2 Å². The number of ether oxygens (including phenoxy) is 2. The van der Waals surface area contributed by atoms with E-state index < -0.39 is 0 Å². The molecule has 1 saturated heterocycles. The lowest BCUT2D eigenvalue weighted by atomic mass is 10.0. The van der Waals surface area contributed by atoms with Crippen molar-refractivity contribution in [2.75, 3.05) is 51.4 Å². The van der Waals surface area contributed by atoms with Gasteiger partial charge in [-0.3, -0.25) is 4.79 Å². The van der Waals surface area contributed by atoms with Gasteiger partial charge in [0.1, 0.15) is 6.54 Å². The fraction of sp³-hybridized carbons (Fsp3) is 0.545. The van der Waals surface area contributed by atoms with Gasteiger partial charge in [-0.15, -0.1) is 30.4 Å². The van der Waals surface area contributed by atoms with Crippen LogP contribution in [0, 0.1) is 18.3 Å². The standard InChI is InChI=1S/C22H32N4O3.HI/c1-3-18-7-5-8-20(15-18)26-21(27)16-25-22(23-4-2)24-11-6-12-29-17-19-9-13-28-14-10-19;/h1,5,7-8,15,19H,4,6,9-14,16-17H2,2H3,(H,26,27)(H2,23,24,25);1H. The molecule has 3 N–H and O–H groups in total. The molecule has 166 valence electrons. The van der Waals surface area contributed by atoms with E-state index in [2.05, 4.69) is 26.9 Å². The summed E-state index contributed by atoms with van der Waals surface area (Å²) < 4.78 is 11.1. The van der Waals surface area contributed by atoms with Crippen molar-refractivity contribution >= 4 is 41.5 Å². The maximum Gasteiger partial charge on any atom is 0.246 e. The first kappa shape index (κ1) is 26.2. The average Bonchev–Trinajstić information content (AvgIpc) is 2.75. The van der Waals surface area contributed by atoms with Gasteiger partial charge in [-0.2, -0.15) is 0 Å². The van der Waals surface area contributed by atoms with Crippen LogP contribution in [0.1, 0.15) is 31.7 Å². The first-order chi connectivity index (χ1) is 14.2. The third-order valence-electron chi connectivity index (χ3n) is 4.49. The van der Waals surface area contributed by atoms with Crippen molar-refractivity contribution in [2.24, 2.45) is 10.9 Å². The smallest absolute Gasteiger partial charge is 0.246 e. The summed E-state index contributed by atoms with van der Waals surface area (Å²) in [5.41, 5.74) is 1.39. The number of hydrogen-bond donors (Lipinski definition) is 3. The molecule has 1 aliphatic rings. The van der Waals surface area contributed by atoms with Crippen LogP contribution in [0.25, 0.3) is 0 Å². The van der Waals surface area contributed by atoms with Crippen molar-refractivity contribution in [1.29, 1.82) is 0 Å². The molecule has 1 aromatic rings. The van der Waals surface area contributed by atoms with Crippen LogP contribution in [0.5, 0.6) is 0 Å². The molecule has 8 heteroatoms. The minimum absolute atomic E-state index is 0. The van der Waals surface area contributed by atoms with Gasteiger partial charge in [0.15, 0.2) is 5.96 Å². The fourth-order valence-corrected chi connectivity index (χ4v) is 2.92. The van der Waals surface area contributed by atoms with Crippen molar-refractivity contribution in [1.82, 2.24) is 10.6 Å². The van der Waals surface area contributed by atoms with E-state index in [1.165, 1.54) is 0 Å². The highest BCUT2D eigenvalue weighted by Crippen LogP contribution is 2.14. The number of carbonyl (C=O) groups excluding carboxylic acids is 1. The summed E-state index contributed by atoms with van der Waals surface area (Å²) in [7, 11) is 0. The zero-order valence-corrected chi connectivity index (χ0v) is 19.9. The molecule has 7 nitrogen and oxygen atoms in total. The van der Waals surface area contributed by atoms with Gasteiger partial charge in [0, 0.05) is 50.8 Å². The Balaban J connectivity index is 0.00000450. The summed E-state index contributed by atoms with van der Waals surface area (Å²) in [5.74, 6) is 3.59. The highest BCUT2D eigenvalue weighted by Gasteiger charge is 2.13.